The second-order valence-corrected chi connectivity index (χ2v) is 9.95. The van der Waals surface area contributed by atoms with Crippen molar-refractivity contribution < 1.29 is 35.5 Å². The maximum Gasteiger partial charge on any atom is 0.296 e. The molecule has 0 unspecified atom stereocenters. The van der Waals surface area contributed by atoms with Crippen LogP contribution in [0.3, 0.4) is 0 Å². The number of carbonyl (C=O) groups excluding carboxylic acids is 1. The Balaban J connectivity index is 0.000000519. The van der Waals surface area contributed by atoms with Gasteiger partial charge in [0.1, 0.15) is 18.1 Å². The van der Waals surface area contributed by atoms with Gasteiger partial charge in [-0.1, -0.05) is 12.1 Å². The number of pyridine rings is 1. The summed E-state index contributed by atoms with van der Waals surface area (Å²) >= 11 is 0. The van der Waals surface area contributed by atoms with E-state index in [-0.39, 0.29) is 5.96 Å². The monoisotopic (exact) mass is 529 g/mol. The Morgan fingerprint density at radius 2 is 1.77 bits per heavy atom. The Kier molecular flexibility index (Phi) is 10.8. The minimum absolute atomic E-state index is 0.0634. The summed E-state index contributed by atoms with van der Waals surface area (Å²) in [5, 5.41) is 3.53. The lowest BCUT2D eigenvalue weighted by atomic mass is 10.1. The average Bonchev–Trinajstić information content (AvgIpc) is 3.18. The first kappa shape index (κ1) is 29.5. The number of fused-ring (bicyclic) bond motifs is 1. The second-order valence-electron chi connectivity index (χ2n) is 7.02. The molecule has 3 aromatic rings. The zero-order chi connectivity index (χ0) is 26.8. The molecule has 0 atom stereocenters. The molecular weight excluding hydrogens is 502 g/mol. The van der Waals surface area contributed by atoms with Gasteiger partial charge in [0.25, 0.3) is 26.1 Å². The number of carbonyl (C=O) groups is 1. The van der Waals surface area contributed by atoms with Crippen LogP contribution in [-0.4, -0.2) is 67.3 Å². The first-order valence-electron chi connectivity index (χ1n) is 9.63. The fraction of sp³-hybridized carbons (Fsp3) is 0.250. The van der Waals surface area contributed by atoms with Crippen molar-refractivity contribution in [2.75, 3.05) is 19.6 Å². The van der Waals surface area contributed by atoms with E-state index in [1.165, 1.54) is 0 Å². The summed E-state index contributed by atoms with van der Waals surface area (Å²) < 4.78 is 57.6. The number of nitrogens with two attached hydrogens (primary N) is 1. The molecule has 192 valence electrons. The Labute approximate surface area is 202 Å². The van der Waals surface area contributed by atoms with Gasteiger partial charge in [-0.05, 0) is 30.7 Å². The Morgan fingerprint density at radius 1 is 1.17 bits per heavy atom. The average molecular weight is 530 g/mol. The van der Waals surface area contributed by atoms with Crippen molar-refractivity contribution in [3.63, 3.8) is 0 Å². The van der Waals surface area contributed by atoms with Crippen molar-refractivity contribution in [1.29, 1.82) is 0 Å². The quantitative estimate of drug-likeness (QED) is 0.183. The summed E-state index contributed by atoms with van der Waals surface area (Å²) in [6.07, 6.45) is 4.90. The van der Waals surface area contributed by atoms with Crippen LogP contribution in [0.25, 0.3) is 10.9 Å². The van der Waals surface area contributed by atoms with E-state index >= 15 is 0 Å². The second kappa shape index (κ2) is 12.8. The van der Waals surface area contributed by atoms with Crippen LogP contribution in [0.4, 0.5) is 0 Å². The van der Waals surface area contributed by atoms with Gasteiger partial charge in [-0.2, -0.15) is 21.8 Å². The van der Waals surface area contributed by atoms with Crippen LogP contribution < -0.4 is 15.8 Å². The van der Waals surface area contributed by atoms with Crippen LogP contribution in [0.2, 0.25) is 0 Å². The Morgan fingerprint density at radius 3 is 2.29 bits per heavy atom. The lowest BCUT2D eigenvalue weighted by molar-refractivity contribution is 0.0998. The molecule has 6 N–H and O–H groups in total. The number of hydrogen-bond donors (Lipinski definition) is 5. The van der Waals surface area contributed by atoms with E-state index in [1.807, 2.05) is 31.2 Å². The molecule has 0 saturated heterocycles. The molecule has 0 fully saturated rings. The SMILES string of the molecule is CNC(N)=NC(=O)c1cc2c(C)ccc(OCc3cccnc3)c2[nH]1.CS(=O)(=O)O.CS(=O)(=O)O. The molecule has 0 radical (unpaired) electrons. The molecule has 0 spiro atoms. The van der Waals surface area contributed by atoms with Crippen molar-refractivity contribution in [2.24, 2.45) is 10.7 Å². The molecule has 2 heterocycles. The predicted molar refractivity (Wildman–Crippen MR) is 132 cm³/mol. The highest BCUT2D eigenvalue weighted by Crippen LogP contribution is 2.29. The van der Waals surface area contributed by atoms with E-state index in [1.54, 1.807) is 25.5 Å². The molecule has 0 saturated carbocycles. The highest BCUT2D eigenvalue weighted by molar-refractivity contribution is 7.85. The predicted octanol–water partition coefficient (Wildman–Crippen LogP) is 1.13. The molecule has 2 aromatic heterocycles. The first-order chi connectivity index (χ1) is 16.1. The number of nitrogens with zero attached hydrogens (tertiary/aromatic N) is 2. The molecule has 0 aliphatic heterocycles. The number of benzene rings is 1. The summed E-state index contributed by atoms with van der Waals surface area (Å²) in [4.78, 5) is 23.1. The number of rotatable bonds is 4. The van der Waals surface area contributed by atoms with Crippen LogP contribution in [0, 0.1) is 6.92 Å². The number of guanidine groups is 1. The van der Waals surface area contributed by atoms with Gasteiger partial charge in [0.15, 0.2) is 5.96 Å². The molecule has 0 bridgehead atoms. The zero-order valence-corrected chi connectivity index (χ0v) is 21.0. The van der Waals surface area contributed by atoms with Gasteiger partial charge in [-0.25, -0.2) is 0 Å². The topological polar surface area (TPSA) is 214 Å². The minimum Gasteiger partial charge on any atom is -0.487 e. The van der Waals surface area contributed by atoms with Gasteiger partial charge < -0.3 is 20.8 Å². The number of amides is 1. The third-order valence-corrected chi connectivity index (χ3v) is 3.80. The third kappa shape index (κ3) is 12.5. The minimum atomic E-state index is -3.67. The molecule has 0 aliphatic carbocycles. The molecule has 13 nitrogen and oxygen atoms in total. The standard InChI is InChI=1S/C18H19N5O2.2CH4O3S/c1-11-5-6-15(25-10-12-4-3-7-21-9-12)16-13(11)8-14(22-16)17(24)23-18(19)20-2;2*1-5(2,3)4/h3-9,22H,10H2,1-2H3,(H3,19,20,23,24);2*1H3,(H,2,3,4). The maximum absolute atomic E-state index is 12.2. The smallest absolute Gasteiger partial charge is 0.296 e. The Hall–Kier alpha value is -3.53. The highest BCUT2D eigenvalue weighted by atomic mass is 32.2. The van der Waals surface area contributed by atoms with Crippen molar-refractivity contribution in [3.05, 3.63) is 59.5 Å². The number of H-pyrrole nitrogens is 1. The molecule has 35 heavy (non-hydrogen) atoms. The third-order valence-electron chi connectivity index (χ3n) is 3.80. The van der Waals surface area contributed by atoms with E-state index in [0.717, 1.165) is 22.0 Å². The largest absolute Gasteiger partial charge is 0.487 e. The van der Waals surface area contributed by atoms with E-state index in [9.17, 15) is 21.6 Å². The molecule has 1 aromatic carbocycles. The zero-order valence-electron chi connectivity index (χ0n) is 19.4. The number of nitrogens with one attached hydrogen (secondary N) is 2. The van der Waals surface area contributed by atoms with E-state index in [0.29, 0.717) is 30.6 Å². The van der Waals surface area contributed by atoms with Crippen LogP contribution in [0.1, 0.15) is 21.6 Å². The summed E-state index contributed by atoms with van der Waals surface area (Å²) in [7, 11) is -5.73. The number of aromatic amines is 1. The highest BCUT2D eigenvalue weighted by Gasteiger charge is 2.14. The maximum atomic E-state index is 12.2. The number of ether oxygens (including phenoxy) is 1. The van der Waals surface area contributed by atoms with Crippen LogP contribution in [0.5, 0.6) is 5.75 Å². The van der Waals surface area contributed by atoms with E-state index in [4.69, 9.17) is 19.6 Å². The van der Waals surface area contributed by atoms with Crippen molar-refractivity contribution in [1.82, 2.24) is 15.3 Å². The summed E-state index contributed by atoms with van der Waals surface area (Å²) in [6, 6.07) is 9.39. The molecule has 15 heteroatoms. The number of hydrogen-bond acceptors (Lipinski definition) is 7. The first-order valence-corrected chi connectivity index (χ1v) is 13.3. The lowest BCUT2D eigenvalue weighted by Crippen LogP contribution is -2.28. The van der Waals surface area contributed by atoms with Crippen molar-refractivity contribution >= 4 is 43.0 Å². The molecule has 1 amide bonds. The van der Waals surface area contributed by atoms with Crippen LogP contribution in [0.15, 0.2) is 47.7 Å². The summed E-state index contributed by atoms with van der Waals surface area (Å²) in [5.74, 6) is 0.281. The van der Waals surface area contributed by atoms with E-state index in [2.05, 4.69) is 20.3 Å². The molecule has 3 rings (SSSR count). The fourth-order valence-electron chi connectivity index (χ4n) is 2.44. The van der Waals surface area contributed by atoms with Gasteiger partial charge >= 0.3 is 0 Å². The van der Waals surface area contributed by atoms with Gasteiger partial charge in [0, 0.05) is 30.4 Å². The van der Waals surface area contributed by atoms with Gasteiger partial charge in [0.05, 0.1) is 18.0 Å². The lowest BCUT2D eigenvalue weighted by Gasteiger charge is -2.08. The van der Waals surface area contributed by atoms with Gasteiger partial charge in [0.2, 0.25) is 0 Å². The van der Waals surface area contributed by atoms with Crippen molar-refractivity contribution in [3.8, 4) is 5.75 Å². The number of aryl methyl sites for hydroxylation is 1. The number of aliphatic imine (C=N–C) groups is 1. The molecule has 0 aliphatic rings. The normalized spacial score (nSPS) is 11.5. The van der Waals surface area contributed by atoms with Gasteiger partial charge in [-0.3, -0.25) is 18.9 Å². The summed E-state index contributed by atoms with van der Waals surface area (Å²) in [5.41, 5.74) is 8.66. The van der Waals surface area contributed by atoms with Gasteiger partial charge in [-0.15, -0.1) is 0 Å². The van der Waals surface area contributed by atoms with Crippen molar-refractivity contribution in [2.45, 2.75) is 13.5 Å². The molecular formula is C20H27N5O8S2. The summed E-state index contributed by atoms with van der Waals surface area (Å²) in [6.45, 7) is 2.36. The van der Waals surface area contributed by atoms with Crippen LogP contribution >= 0.6 is 0 Å². The van der Waals surface area contributed by atoms with E-state index < -0.39 is 26.1 Å². The van der Waals surface area contributed by atoms with Crippen LogP contribution in [-0.2, 0) is 26.8 Å². The Bertz CT molecular complexity index is 1340. The number of aromatic nitrogens is 2. The fourth-order valence-corrected chi connectivity index (χ4v) is 2.44.